The maximum absolute atomic E-state index is 12.7. The highest BCUT2D eigenvalue weighted by molar-refractivity contribution is 6.35. The third-order valence-electron chi connectivity index (χ3n) is 3.72. The van der Waals surface area contributed by atoms with Gasteiger partial charge < -0.3 is 16.0 Å². The van der Waals surface area contributed by atoms with E-state index in [-0.39, 0.29) is 17.9 Å². The molecule has 1 aliphatic rings. The highest BCUT2D eigenvalue weighted by Gasteiger charge is 2.35. The van der Waals surface area contributed by atoms with Crippen LogP contribution in [0.5, 0.6) is 0 Å². The molecule has 1 unspecified atom stereocenters. The zero-order chi connectivity index (χ0) is 16.3. The minimum atomic E-state index is -0.489. The molecule has 0 aromatic heterocycles. The fraction of sp³-hybridized carbons (Fsp3) is 0.467. The summed E-state index contributed by atoms with van der Waals surface area (Å²) in [5, 5.41) is 3.58. The second kappa shape index (κ2) is 7.31. The lowest BCUT2D eigenvalue weighted by Crippen LogP contribution is -2.49. The van der Waals surface area contributed by atoms with E-state index < -0.39 is 6.04 Å². The van der Waals surface area contributed by atoms with E-state index in [1.165, 1.54) is 6.07 Å². The van der Waals surface area contributed by atoms with Gasteiger partial charge in [0.15, 0.2) is 0 Å². The average Bonchev–Trinajstić information content (AvgIpc) is 2.98. The molecule has 1 heterocycles. The smallest absolute Gasteiger partial charge is 0.256 e. The Morgan fingerprint density at radius 2 is 2.18 bits per heavy atom. The summed E-state index contributed by atoms with van der Waals surface area (Å²) in [5.41, 5.74) is 5.83. The molecule has 1 saturated heterocycles. The molecular formula is C15H19Cl2N3O2. The Morgan fingerprint density at radius 3 is 2.86 bits per heavy atom. The van der Waals surface area contributed by atoms with Gasteiger partial charge in [-0.15, -0.1) is 0 Å². The minimum Gasteiger partial charge on any atom is -0.351 e. The molecule has 0 saturated carbocycles. The Morgan fingerprint density at radius 1 is 1.45 bits per heavy atom. The number of amides is 2. The van der Waals surface area contributed by atoms with Gasteiger partial charge in [-0.2, -0.15) is 0 Å². The summed E-state index contributed by atoms with van der Waals surface area (Å²) in [6, 6.07) is 4.12. The molecule has 7 heteroatoms. The van der Waals surface area contributed by atoms with Crippen molar-refractivity contribution < 1.29 is 9.59 Å². The van der Waals surface area contributed by atoms with Crippen LogP contribution in [0.2, 0.25) is 10.0 Å². The number of benzene rings is 1. The number of likely N-dealkylation sites (tertiary alicyclic amines) is 1. The molecule has 1 aromatic rings. The maximum Gasteiger partial charge on any atom is 0.256 e. The van der Waals surface area contributed by atoms with Crippen molar-refractivity contribution >= 4 is 35.0 Å². The van der Waals surface area contributed by atoms with E-state index in [0.717, 1.165) is 6.42 Å². The lowest BCUT2D eigenvalue weighted by atomic mass is 10.1. The molecular weight excluding hydrogens is 325 g/mol. The van der Waals surface area contributed by atoms with Crippen LogP contribution in [0.3, 0.4) is 0 Å². The van der Waals surface area contributed by atoms with E-state index in [1.54, 1.807) is 17.0 Å². The van der Waals surface area contributed by atoms with Crippen LogP contribution in [0.1, 0.15) is 30.1 Å². The fourth-order valence-corrected chi connectivity index (χ4v) is 2.87. The molecule has 2 rings (SSSR count). The minimum absolute atomic E-state index is 0.125. The van der Waals surface area contributed by atoms with Crippen molar-refractivity contribution in [3.63, 3.8) is 0 Å². The normalized spacial score (nSPS) is 19.1. The molecule has 22 heavy (non-hydrogen) atoms. The molecule has 1 aromatic carbocycles. The maximum atomic E-state index is 12.7. The number of nitrogens with zero attached hydrogens (tertiary/aromatic N) is 1. The Bertz CT molecular complexity index is 580. The summed E-state index contributed by atoms with van der Waals surface area (Å²) in [6.45, 7) is 2.70. The molecule has 5 nitrogen and oxygen atoms in total. The van der Waals surface area contributed by atoms with Gasteiger partial charge in [-0.05, 0) is 38.0 Å². The molecule has 0 spiro atoms. The molecule has 0 bridgehead atoms. The molecule has 3 N–H and O–H groups in total. The van der Waals surface area contributed by atoms with E-state index in [2.05, 4.69) is 5.32 Å². The summed E-state index contributed by atoms with van der Waals surface area (Å²) < 4.78 is 0. The van der Waals surface area contributed by atoms with Crippen molar-refractivity contribution in [3.05, 3.63) is 33.8 Å². The quantitative estimate of drug-likeness (QED) is 0.878. The number of nitrogens with one attached hydrogen (secondary N) is 1. The first-order valence-corrected chi connectivity index (χ1v) is 7.96. The van der Waals surface area contributed by atoms with Crippen LogP contribution in [0, 0.1) is 0 Å². The Kier molecular flexibility index (Phi) is 5.67. The van der Waals surface area contributed by atoms with Crippen LogP contribution in [0.15, 0.2) is 18.2 Å². The third kappa shape index (κ3) is 3.72. The third-order valence-corrected chi connectivity index (χ3v) is 4.28. The zero-order valence-electron chi connectivity index (χ0n) is 12.3. The predicted molar refractivity (Wildman–Crippen MR) is 87.2 cm³/mol. The average molecular weight is 344 g/mol. The summed E-state index contributed by atoms with van der Waals surface area (Å²) in [6.07, 6.45) is 1.41. The summed E-state index contributed by atoms with van der Waals surface area (Å²) >= 11 is 12.0. The monoisotopic (exact) mass is 343 g/mol. The van der Waals surface area contributed by atoms with Gasteiger partial charge in [0, 0.05) is 24.2 Å². The molecule has 2 amide bonds. The Hall–Kier alpha value is -1.30. The molecule has 0 radical (unpaired) electrons. The van der Waals surface area contributed by atoms with Crippen molar-refractivity contribution in [2.75, 3.05) is 13.1 Å². The van der Waals surface area contributed by atoms with Crippen molar-refractivity contribution in [2.24, 2.45) is 5.73 Å². The van der Waals surface area contributed by atoms with Gasteiger partial charge in [-0.1, -0.05) is 23.2 Å². The summed E-state index contributed by atoms with van der Waals surface area (Å²) in [4.78, 5) is 26.5. The van der Waals surface area contributed by atoms with Crippen LogP contribution < -0.4 is 11.1 Å². The number of carbonyl (C=O) groups excluding carboxylic acids is 2. The Labute approximate surface area is 139 Å². The highest BCUT2D eigenvalue weighted by Crippen LogP contribution is 2.26. The van der Waals surface area contributed by atoms with Gasteiger partial charge in [-0.3, -0.25) is 9.59 Å². The predicted octanol–water partition coefficient (Wildman–Crippen LogP) is 2.06. The summed E-state index contributed by atoms with van der Waals surface area (Å²) in [5.74, 6) is -0.451. The molecule has 1 fully saturated rings. The molecule has 2 atom stereocenters. The SMILES string of the molecule is C[C@@H](CN)NC(=O)C1CCCN1C(=O)c1cc(Cl)ccc1Cl. The first-order chi connectivity index (χ1) is 10.4. The van der Waals surface area contributed by atoms with Gasteiger partial charge in [0.2, 0.25) is 5.91 Å². The van der Waals surface area contributed by atoms with Gasteiger partial charge >= 0.3 is 0 Å². The number of halogens is 2. The van der Waals surface area contributed by atoms with Crippen molar-refractivity contribution in [2.45, 2.75) is 31.8 Å². The number of hydrogen-bond acceptors (Lipinski definition) is 3. The van der Waals surface area contributed by atoms with Crippen LogP contribution in [-0.4, -0.2) is 41.9 Å². The van der Waals surface area contributed by atoms with Crippen molar-refractivity contribution in [3.8, 4) is 0 Å². The second-order valence-corrected chi connectivity index (χ2v) is 6.27. The first-order valence-electron chi connectivity index (χ1n) is 7.20. The molecule has 120 valence electrons. The Balaban J connectivity index is 2.17. The zero-order valence-corrected chi connectivity index (χ0v) is 13.8. The van der Waals surface area contributed by atoms with Gasteiger partial charge in [0.05, 0.1) is 10.6 Å². The van der Waals surface area contributed by atoms with Crippen LogP contribution in [-0.2, 0) is 4.79 Å². The fourth-order valence-electron chi connectivity index (χ4n) is 2.50. The largest absolute Gasteiger partial charge is 0.351 e. The lowest BCUT2D eigenvalue weighted by Gasteiger charge is -2.25. The van der Waals surface area contributed by atoms with Gasteiger partial charge in [0.1, 0.15) is 6.04 Å². The van der Waals surface area contributed by atoms with Gasteiger partial charge in [-0.25, -0.2) is 0 Å². The standard InChI is InChI=1S/C15H19Cl2N3O2/c1-9(8-18)19-14(21)13-3-2-6-20(13)15(22)11-7-10(16)4-5-12(11)17/h4-5,7,9,13H,2-3,6,8,18H2,1H3,(H,19,21)/t9-,13?/m0/s1. The molecule has 0 aliphatic carbocycles. The second-order valence-electron chi connectivity index (χ2n) is 5.43. The van der Waals surface area contributed by atoms with E-state index in [9.17, 15) is 9.59 Å². The van der Waals surface area contributed by atoms with Crippen LogP contribution in [0.4, 0.5) is 0 Å². The number of nitrogens with two attached hydrogens (primary N) is 1. The summed E-state index contributed by atoms with van der Waals surface area (Å²) in [7, 11) is 0. The lowest BCUT2D eigenvalue weighted by molar-refractivity contribution is -0.125. The van der Waals surface area contributed by atoms with Crippen molar-refractivity contribution in [1.29, 1.82) is 0 Å². The van der Waals surface area contributed by atoms with Crippen molar-refractivity contribution in [1.82, 2.24) is 10.2 Å². The van der Waals surface area contributed by atoms with E-state index in [4.69, 9.17) is 28.9 Å². The van der Waals surface area contributed by atoms with E-state index >= 15 is 0 Å². The first kappa shape index (κ1) is 17.1. The number of rotatable bonds is 4. The molecule has 1 aliphatic heterocycles. The van der Waals surface area contributed by atoms with Crippen LogP contribution in [0.25, 0.3) is 0 Å². The highest BCUT2D eigenvalue weighted by atomic mass is 35.5. The van der Waals surface area contributed by atoms with E-state index in [1.807, 2.05) is 6.92 Å². The number of carbonyl (C=O) groups is 2. The van der Waals surface area contributed by atoms with Gasteiger partial charge in [0.25, 0.3) is 5.91 Å². The topological polar surface area (TPSA) is 75.4 Å². The number of hydrogen-bond donors (Lipinski definition) is 2. The van der Waals surface area contributed by atoms with Crippen LogP contribution >= 0.6 is 23.2 Å². The van der Waals surface area contributed by atoms with E-state index in [0.29, 0.717) is 35.1 Å².